The number of halogens is 3. The number of fused-ring (bicyclic) bond motifs is 2. The summed E-state index contributed by atoms with van der Waals surface area (Å²) in [7, 11) is 1.77. The molecule has 4 aromatic rings. The van der Waals surface area contributed by atoms with Crippen molar-refractivity contribution in [1.29, 1.82) is 0 Å². The van der Waals surface area contributed by atoms with Crippen molar-refractivity contribution in [1.82, 2.24) is 19.5 Å². The van der Waals surface area contributed by atoms with Crippen LogP contribution in [0.1, 0.15) is 12.7 Å². The number of nitrogens with one attached hydrogen (secondary N) is 1. The van der Waals surface area contributed by atoms with Crippen molar-refractivity contribution in [3.8, 4) is 5.75 Å². The third kappa shape index (κ3) is 3.71. The number of nitrogens with zero attached hydrogens (tertiary/aromatic N) is 5. The molecule has 3 N–H and O–H groups in total. The average molecular weight is 434 g/mol. The van der Waals surface area contributed by atoms with Crippen LogP contribution in [-0.2, 0) is 24.9 Å². The Balaban J connectivity index is 1.77. The molecule has 0 aliphatic heterocycles. The topological polar surface area (TPSA) is 106 Å². The number of rotatable bonds is 6. The van der Waals surface area contributed by atoms with Gasteiger partial charge in [0.15, 0.2) is 28.3 Å². The molecule has 9 nitrogen and oxygen atoms in total. The Morgan fingerprint density at radius 1 is 1.32 bits per heavy atom. The van der Waals surface area contributed by atoms with E-state index in [1.807, 2.05) is 6.92 Å². The Morgan fingerprint density at radius 3 is 2.77 bits per heavy atom. The van der Waals surface area contributed by atoms with Gasteiger partial charge in [-0.1, -0.05) is 0 Å². The molecule has 3 aromatic heterocycles. The standard InChI is InChI=1S/C19H19F3N7O2/c1-3-29-14-8-11(31-19(20,21)22)4-5-13(14)27(2)15(29)9-28(10-30)18-16(23)26-17-12(25-18)6-7-24-17/h4-8,10H,3,9H2,1-2H3,(H3,23,24,26)/q+1. The fourth-order valence-electron chi connectivity index (χ4n) is 3.60. The number of benzene rings is 1. The summed E-state index contributed by atoms with van der Waals surface area (Å²) in [6.45, 7) is 2.38. The summed E-state index contributed by atoms with van der Waals surface area (Å²) in [5, 5.41) is 0. The molecule has 31 heavy (non-hydrogen) atoms. The predicted molar refractivity (Wildman–Crippen MR) is 106 cm³/mol. The summed E-state index contributed by atoms with van der Waals surface area (Å²) in [4.78, 5) is 24.7. The second-order valence-electron chi connectivity index (χ2n) is 6.80. The van der Waals surface area contributed by atoms with E-state index in [2.05, 4.69) is 19.7 Å². The molecular weight excluding hydrogens is 415 g/mol. The normalized spacial score (nSPS) is 11.9. The Hall–Kier alpha value is -3.83. The van der Waals surface area contributed by atoms with Gasteiger partial charge in [0.2, 0.25) is 6.41 Å². The second-order valence-corrected chi connectivity index (χ2v) is 6.80. The van der Waals surface area contributed by atoms with Gasteiger partial charge in [0.25, 0.3) is 5.82 Å². The van der Waals surface area contributed by atoms with Gasteiger partial charge in [0, 0.05) is 12.3 Å². The number of nitrogens with two attached hydrogens (primary N) is 1. The number of anilines is 2. The van der Waals surface area contributed by atoms with Gasteiger partial charge in [0.1, 0.15) is 17.8 Å². The maximum Gasteiger partial charge on any atom is 0.573 e. The number of aryl methyl sites for hydroxylation is 2. The summed E-state index contributed by atoms with van der Waals surface area (Å²) in [5.41, 5.74) is 8.26. The Labute approximate surface area is 173 Å². The van der Waals surface area contributed by atoms with E-state index >= 15 is 0 Å². The molecule has 0 atom stereocenters. The predicted octanol–water partition coefficient (Wildman–Crippen LogP) is 2.40. The van der Waals surface area contributed by atoms with Crippen LogP contribution in [0.25, 0.3) is 22.2 Å². The first-order valence-electron chi connectivity index (χ1n) is 9.31. The Morgan fingerprint density at radius 2 is 2.10 bits per heavy atom. The molecule has 0 radical (unpaired) electrons. The zero-order valence-electron chi connectivity index (χ0n) is 16.6. The van der Waals surface area contributed by atoms with E-state index in [9.17, 15) is 18.0 Å². The van der Waals surface area contributed by atoms with Crippen LogP contribution in [0.3, 0.4) is 0 Å². The van der Waals surface area contributed by atoms with E-state index in [4.69, 9.17) is 5.73 Å². The van der Waals surface area contributed by atoms with Crippen molar-refractivity contribution in [3.05, 3.63) is 36.3 Å². The first-order chi connectivity index (χ1) is 14.7. The largest absolute Gasteiger partial charge is 0.573 e. The molecule has 4 rings (SSSR count). The third-order valence-electron chi connectivity index (χ3n) is 4.95. The molecule has 0 bridgehead atoms. The molecule has 0 unspecified atom stereocenters. The van der Waals surface area contributed by atoms with Crippen LogP contribution in [0, 0.1) is 0 Å². The number of aromatic nitrogens is 5. The van der Waals surface area contributed by atoms with Crippen molar-refractivity contribution in [2.75, 3.05) is 10.6 Å². The van der Waals surface area contributed by atoms with Crippen molar-refractivity contribution in [2.24, 2.45) is 7.05 Å². The van der Waals surface area contributed by atoms with E-state index in [1.54, 1.807) is 28.4 Å². The number of hydrogen-bond acceptors (Lipinski definition) is 5. The van der Waals surface area contributed by atoms with Gasteiger partial charge in [-0.15, -0.1) is 13.2 Å². The van der Waals surface area contributed by atoms with Crippen LogP contribution >= 0.6 is 0 Å². The molecule has 3 heterocycles. The lowest BCUT2D eigenvalue weighted by molar-refractivity contribution is -0.653. The minimum Gasteiger partial charge on any atom is -0.406 e. The van der Waals surface area contributed by atoms with Gasteiger partial charge in [-0.2, -0.15) is 0 Å². The molecule has 0 aliphatic carbocycles. The second kappa shape index (κ2) is 7.45. The van der Waals surface area contributed by atoms with Crippen LogP contribution in [0.4, 0.5) is 24.8 Å². The molecule has 1 aromatic carbocycles. The molecule has 0 saturated heterocycles. The van der Waals surface area contributed by atoms with Crippen molar-refractivity contribution in [3.63, 3.8) is 0 Å². The number of aromatic amines is 1. The van der Waals surface area contributed by atoms with Gasteiger partial charge in [0.05, 0.1) is 13.6 Å². The molecule has 12 heteroatoms. The first kappa shape index (κ1) is 20.4. The average Bonchev–Trinajstić information content (AvgIpc) is 3.26. The van der Waals surface area contributed by atoms with Gasteiger partial charge in [-0.3, -0.25) is 9.69 Å². The highest BCUT2D eigenvalue weighted by atomic mass is 19.4. The third-order valence-corrected chi connectivity index (χ3v) is 4.95. The smallest absolute Gasteiger partial charge is 0.406 e. The molecule has 0 fully saturated rings. The molecular formula is C19H19F3N7O2+. The molecule has 0 aliphatic rings. The maximum absolute atomic E-state index is 12.6. The van der Waals surface area contributed by atoms with Gasteiger partial charge in [-0.05, 0) is 25.1 Å². The van der Waals surface area contributed by atoms with E-state index in [-0.39, 0.29) is 23.9 Å². The minimum atomic E-state index is -4.79. The van der Waals surface area contributed by atoms with Crippen molar-refractivity contribution < 1.29 is 27.3 Å². The van der Waals surface area contributed by atoms with E-state index in [1.165, 1.54) is 23.1 Å². The highest BCUT2D eigenvalue weighted by Crippen LogP contribution is 2.28. The van der Waals surface area contributed by atoms with Crippen molar-refractivity contribution >= 4 is 40.2 Å². The monoisotopic (exact) mass is 434 g/mol. The van der Waals surface area contributed by atoms with Crippen LogP contribution < -0.4 is 19.9 Å². The highest BCUT2D eigenvalue weighted by Gasteiger charge is 2.32. The number of ether oxygens (including phenoxy) is 1. The fourth-order valence-corrected chi connectivity index (χ4v) is 3.60. The van der Waals surface area contributed by atoms with Crippen LogP contribution in [0.15, 0.2) is 30.5 Å². The van der Waals surface area contributed by atoms with Crippen LogP contribution in [0.2, 0.25) is 0 Å². The number of amides is 1. The number of carbonyl (C=O) groups is 1. The number of alkyl halides is 3. The summed E-state index contributed by atoms with van der Waals surface area (Å²) in [5.74, 6) is 0.601. The van der Waals surface area contributed by atoms with E-state index in [0.717, 1.165) is 0 Å². The molecule has 162 valence electrons. The van der Waals surface area contributed by atoms with Crippen LogP contribution in [0.5, 0.6) is 5.75 Å². The summed E-state index contributed by atoms with van der Waals surface area (Å²) < 4.78 is 45.5. The Kier molecular flexibility index (Phi) is 4.91. The highest BCUT2D eigenvalue weighted by molar-refractivity contribution is 5.84. The fraction of sp³-hybridized carbons (Fsp3) is 0.263. The quantitative estimate of drug-likeness (QED) is 0.358. The molecule has 0 spiro atoms. The van der Waals surface area contributed by atoms with Crippen LogP contribution in [-0.4, -0.2) is 32.3 Å². The van der Waals surface area contributed by atoms with E-state index < -0.39 is 6.36 Å². The zero-order valence-corrected chi connectivity index (χ0v) is 16.6. The van der Waals surface area contributed by atoms with E-state index in [0.29, 0.717) is 41.0 Å². The summed E-state index contributed by atoms with van der Waals surface area (Å²) in [6.07, 6.45) is -2.53. The summed E-state index contributed by atoms with van der Waals surface area (Å²) >= 11 is 0. The number of hydrogen-bond donors (Lipinski definition) is 2. The minimum absolute atomic E-state index is 0.0738. The maximum atomic E-state index is 12.6. The van der Waals surface area contributed by atoms with Gasteiger partial charge >= 0.3 is 6.36 Å². The lowest BCUT2D eigenvalue weighted by Crippen LogP contribution is -2.38. The number of nitrogen functional groups attached to an aromatic ring is 1. The zero-order chi connectivity index (χ0) is 22.3. The van der Waals surface area contributed by atoms with Crippen molar-refractivity contribution in [2.45, 2.75) is 26.4 Å². The Bertz CT molecular complexity index is 1280. The first-order valence-corrected chi connectivity index (χ1v) is 9.31. The van der Waals surface area contributed by atoms with Gasteiger partial charge < -0.3 is 15.5 Å². The molecule has 1 amide bonds. The molecule has 0 saturated carbocycles. The number of carbonyl (C=O) groups excluding carboxylic acids is 1. The summed E-state index contributed by atoms with van der Waals surface area (Å²) in [6, 6.07) is 5.82. The lowest BCUT2D eigenvalue weighted by Gasteiger charge is -2.16. The lowest BCUT2D eigenvalue weighted by atomic mass is 10.3. The van der Waals surface area contributed by atoms with Gasteiger partial charge in [-0.25, -0.2) is 19.1 Å². The number of imidazole rings is 1. The number of H-pyrrole nitrogens is 1. The SMILES string of the molecule is CCn1c(CN(C=O)c2nc3cc[nH]c3nc2N)[n+](C)c2ccc(OC(F)(F)F)cc21.